The van der Waals surface area contributed by atoms with Crippen molar-refractivity contribution in [1.82, 2.24) is 5.32 Å². The molecule has 0 saturated heterocycles. The van der Waals surface area contributed by atoms with Gasteiger partial charge in [-0.2, -0.15) is 0 Å². The van der Waals surface area contributed by atoms with E-state index in [9.17, 15) is 0 Å². The van der Waals surface area contributed by atoms with E-state index in [1.54, 1.807) is 0 Å². The predicted molar refractivity (Wildman–Crippen MR) is 71.4 cm³/mol. The molecule has 2 nitrogen and oxygen atoms in total. The van der Waals surface area contributed by atoms with Gasteiger partial charge in [0.1, 0.15) is 0 Å². The molecular weight excluding hydrogens is 196 g/mol. The van der Waals surface area contributed by atoms with Crippen molar-refractivity contribution in [3.8, 4) is 0 Å². The smallest absolute Gasteiger partial charge is 0.0118 e. The van der Waals surface area contributed by atoms with Crippen LogP contribution in [0.1, 0.15) is 53.4 Å². The Morgan fingerprint density at radius 3 is 2.50 bits per heavy atom. The Balaban J connectivity index is 2.40. The average molecular weight is 226 g/mol. The van der Waals surface area contributed by atoms with Crippen LogP contribution in [0.4, 0.5) is 0 Å². The van der Waals surface area contributed by atoms with Gasteiger partial charge in [0.15, 0.2) is 0 Å². The van der Waals surface area contributed by atoms with Crippen molar-refractivity contribution in [2.24, 2.45) is 23.0 Å². The monoisotopic (exact) mass is 226 g/mol. The Kier molecular flexibility index (Phi) is 5.26. The highest BCUT2D eigenvalue weighted by atomic mass is 14.9. The highest BCUT2D eigenvalue weighted by Crippen LogP contribution is 2.35. The second kappa shape index (κ2) is 6.02. The fourth-order valence-electron chi connectivity index (χ4n) is 2.76. The molecule has 2 heteroatoms. The van der Waals surface area contributed by atoms with Crippen LogP contribution in [0.5, 0.6) is 0 Å². The largest absolute Gasteiger partial charge is 0.330 e. The zero-order valence-electron chi connectivity index (χ0n) is 11.6. The minimum Gasteiger partial charge on any atom is -0.330 e. The third kappa shape index (κ3) is 3.74. The molecule has 0 bridgehead atoms. The molecule has 2 unspecified atom stereocenters. The zero-order valence-corrected chi connectivity index (χ0v) is 11.6. The van der Waals surface area contributed by atoms with E-state index in [0.29, 0.717) is 23.3 Å². The maximum atomic E-state index is 5.82. The normalized spacial score (nSPS) is 27.0. The number of hydrogen-bond acceptors (Lipinski definition) is 2. The van der Waals surface area contributed by atoms with Crippen LogP contribution >= 0.6 is 0 Å². The van der Waals surface area contributed by atoms with E-state index in [1.807, 2.05) is 0 Å². The molecule has 0 amide bonds. The quantitative estimate of drug-likeness (QED) is 0.756. The summed E-state index contributed by atoms with van der Waals surface area (Å²) in [5.41, 5.74) is 6.28. The first-order valence-electron chi connectivity index (χ1n) is 6.91. The van der Waals surface area contributed by atoms with E-state index in [2.05, 4.69) is 33.0 Å². The van der Waals surface area contributed by atoms with Crippen molar-refractivity contribution >= 4 is 0 Å². The summed E-state index contributed by atoms with van der Waals surface area (Å²) in [6.07, 6.45) is 5.48. The van der Waals surface area contributed by atoms with E-state index in [1.165, 1.54) is 25.7 Å². The predicted octanol–water partition coefficient (Wildman–Crippen LogP) is 2.78. The first-order valence-corrected chi connectivity index (χ1v) is 6.91. The fraction of sp³-hybridized carbons (Fsp3) is 1.00. The Hall–Kier alpha value is -0.0800. The summed E-state index contributed by atoms with van der Waals surface area (Å²) in [6, 6.07) is 0.689. The van der Waals surface area contributed by atoms with Gasteiger partial charge in [-0.15, -0.1) is 0 Å². The molecule has 0 aromatic carbocycles. The summed E-state index contributed by atoms with van der Waals surface area (Å²) in [4.78, 5) is 0. The lowest BCUT2D eigenvalue weighted by molar-refractivity contribution is 0.159. The zero-order chi connectivity index (χ0) is 12.2. The van der Waals surface area contributed by atoms with Gasteiger partial charge in [-0.3, -0.25) is 0 Å². The lowest BCUT2D eigenvalue weighted by Crippen LogP contribution is -2.47. The Morgan fingerprint density at radius 2 is 2.00 bits per heavy atom. The fourth-order valence-corrected chi connectivity index (χ4v) is 2.76. The first kappa shape index (κ1) is 14.0. The van der Waals surface area contributed by atoms with Gasteiger partial charge in [-0.25, -0.2) is 0 Å². The maximum absolute atomic E-state index is 5.82. The molecule has 3 N–H and O–H groups in total. The van der Waals surface area contributed by atoms with Gasteiger partial charge in [0.25, 0.3) is 0 Å². The average Bonchev–Trinajstić information content (AvgIpc) is 2.20. The summed E-state index contributed by atoms with van der Waals surface area (Å²) < 4.78 is 0. The van der Waals surface area contributed by atoms with Crippen LogP contribution in [0.25, 0.3) is 0 Å². The summed E-state index contributed by atoms with van der Waals surface area (Å²) in [5, 5.41) is 3.76. The molecule has 0 aromatic rings. The SMILES string of the molecule is CC(C)C(CN)CNC1CCCCC1(C)C. The minimum absolute atomic E-state index is 0.467. The van der Waals surface area contributed by atoms with E-state index in [4.69, 9.17) is 5.73 Å². The van der Waals surface area contributed by atoms with Crippen LogP contribution in [0, 0.1) is 17.3 Å². The number of nitrogens with two attached hydrogens (primary N) is 1. The van der Waals surface area contributed by atoms with Crippen LogP contribution in [0.15, 0.2) is 0 Å². The second-order valence-corrected chi connectivity index (χ2v) is 6.43. The van der Waals surface area contributed by atoms with E-state index >= 15 is 0 Å². The van der Waals surface area contributed by atoms with Gasteiger partial charge in [0.2, 0.25) is 0 Å². The van der Waals surface area contributed by atoms with Crippen molar-refractivity contribution < 1.29 is 0 Å². The first-order chi connectivity index (χ1) is 7.47. The highest BCUT2D eigenvalue weighted by molar-refractivity contribution is 4.88. The van der Waals surface area contributed by atoms with Crippen LogP contribution in [-0.2, 0) is 0 Å². The maximum Gasteiger partial charge on any atom is 0.0118 e. The Labute approximate surface area is 101 Å². The molecule has 0 heterocycles. The van der Waals surface area contributed by atoms with Gasteiger partial charge < -0.3 is 11.1 Å². The van der Waals surface area contributed by atoms with Gasteiger partial charge in [-0.05, 0) is 43.2 Å². The molecule has 1 saturated carbocycles. The van der Waals surface area contributed by atoms with Gasteiger partial charge in [0.05, 0.1) is 0 Å². The van der Waals surface area contributed by atoms with Gasteiger partial charge >= 0.3 is 0 Å². The van der Waals surface area contributed by atoms with E-state index in [-0.39, 0.29) is 0 Å². The van der Waals surface area contributed by atoms with E-state index in [0.717, 1.165) is 13.1 Å². The van der Waals surface area contributed by atoms with Crippen molar-refractivity contribution in [2.75, 3.05) is 13.1 Å². The standard InChI is InChI=1S/C14H30N2/c1-11(2)12(9-15)10-16-13-7-5-6-8-14(13,3)4/h11-13,16H,5-10,15H2,1-4H3. The lowest BCUT2D eigenvalue weighted by atomic mass is 9.73. The van der Waals surface area contributed by atoms with Crippen molar-refractivity contribution in [3.63, 3.8) is 0 Å². The molecular formula is C14H30N2. The molecule has 1 rings (SSSR count). The van der Waals surface area contributed by atoms with E-state index < -0.39 is 0 Å². The third-order valence-corrected chi connectivity index (χ3v) is 4.38. The summed E-state index contributed by atoms with van der Waals surface area (Å²) in [7, 11) is 0. The Morgan fingerprint density at radius 1 is 1.31 bits per heavy atom. The van der Waals surface area contributed by atoms with Crippen LogP contribution in [-0.4, -0.2) is 19.1 Å². The third-order valence-electron chi connectivity index (χ3n) is 4.38. The molecule has 0 aromatic heterocycles. The summed E-state index contributed by atoms with van der Waals surface area (Å²) >= 11 is 0. The van der Waals surface area contributed by atoms with Crippen LogP contribution in [0.3, 0.4) is 0 Å². The van der Waals surface area contributed by atoms with Gasteiger partial charge in [0, 0.05) is 6.04 Å². The number of rotatable bonds is 5. The van der Waals surface area contributed by atoms with Crippen LogP contribution < -0.4 is 11.1 Å². The van der Waals surface area contributed by atoms with Crippen molar-refractivity contribution in [3.05, 3.63) is 0 Å². The van der Waals surface area contributed by atoms with Crippen LogP contribution in [0.2, 0.25) is 0 Å². The molecule has 0 aliphatic heterocycles. The Bertz CT molecular complexity index is 199. The summed E-state index contributed by atoms with van der Waals surface area (Å²) in [5.74, 6) is 1.31. The topological polar surface area (TPSA) is 38.0 Å². The molecule has 96 valence electrons. The lowest BCUT2D eigenvalue weighted by Gasteiger charge is -2.40. The molecule has 2 atom stereocenters. The molecule has 0 spiro atoms. The van der Waals surface area contributed by atoms with Gasteiger partial charge in [-0.1, -0.05) is 40.5 Å². The van der Waals surface area contributed by atoms with Crippen molar-refractivity contribution in [2.45, 2.75) is 59.4 Å². The second-order valence-electron chi connectivity index (χ2n) is 6.43. The molecule has 1 aliphatic carbocycles. The summed E-state index contributed by atoms with van der Waals surface area (Å²) in [6.45, 7) is 11.2. The minimum atomic E-state index is 0.467. The highest BCUT2D eigenvalue weighted by Gasteiger charge is 2.32. The molecule has 0 radical (unpaired) electrons. The molecule has 1 fully saturated rings. The molecule has 1 aliphatic rings. The molecule has 16 heavy (non-hydrogen) atoms. The number of hydrogen-bond donors (Lipinski definition) is 2. The van der Waals surface area contributed by atoms with Crippen molar-refractivity contribution in [1.29, 1.82) is 0 Å². The number of nitrogens with one attached hydrogen (secondary N) is 1.